The van der Waals surface area contributed by atoms with E-state index in [4.69, 9.17) is 4.74 Å². The van der Waals surface area contributed by atoms with Gasteiger partial charge in [-0.2, -0.15) is 0 Å². The van der Waals surface area contributed by atoms with Crippen molar-refractivity contribution < 1.29 is 14.3 Å². The van der Waals surface area contributed by atoms with E-state index in [0.29, 0.717) is 28.7 Å². The van der Waals surface area contributed by atoms with E-state index in [1.807, 2.05) is 6.92 Å². The highest BCUT2D eigenvalue weighted by molar-refractivity contribution is 7.14. The van der Waals surface area contributed by atoms with Crippen LogP contribution in [0.1, 0.15) is 23.0 Å². The fourth-order valence-electron chi connectivity index (χ4n) is 2.34. The van der Waals surface area contributed by atoms with Crippen molar-refractivity contribution in [3.8, 4) is 5.75 Å². The van der Waals surface area contributed by atoms with Crippen LogP contribution in [0.5, 0.6) is 5.75 Å². The van der Waals surface area contributed by atoms with Crippen LogP contribution in [0.4, 0.5) is 10.8 Å². The molecule has 0 atom stereocenters. The van der Waals surface area contributed by atoms with E-state index in [9.17, 15) is 14.4 Å². The quantitative estimate of drug-likeness (QED) is 0.566. The first-order chi connectivity index (χ1) is 13.5. The van der Waals surface area contributed by atoms with Gasteiger partial charge in [0.25, 0.3) is 5.91 Å². The normalized spacial score (nSPS) is 10.3. The molecule has 2 aromatic heterocycles. The topological polar surface area (TPSA) is 113 Å². The summed E-state index contributed by atoms with van der Waals surface area (Å²) in [5, 5.41) is 7.51. The molecule has 9 heteroatoms. The van der Waals surface area contributed by atoms with Crippen LogP contribution in [0.25, 0.3) is 0 Å². The predicted molar refractivity (Wildman–Crippen MR) is 107 cm³/mol. The molecule has 3 aromatic rings. The minimum Gasteiger partial charge on any atom is -0.494 e. The van der Waals surface area contributed by atoms with E-state index in [1.54, 1.807) is 29.6 Å². The van der Waals surface area contributed by atoms with Gasteiger partial charge in [0.2, 0.25) is 11.5 Å². The molecule has 2 amide bonds. The molecule has 0 fully saturated rings. The number of amides is 2. The maximum absolute atomic E-state index is 12.2. The molecule has 0 saturated heterocycles. The smallest absolute Gasteiger partial charge is 0.258 e. The molecule has 0 bridgehead atoms. The summed E-state index contributed by atoms with van der Waals surface area (Å²) < 4.78 is 5.36. The number of nitrogens with one attached hydrogen (secondary N) is 3. The number of ether oxygens (including phenoxy) is 1. The standard InChI is InChI=1S/C19H18N4O4S/c1-2-27-15-6-4-13(5-7-15)21-17(25)9-14-11-28-19(22-14)23-18(26)12-3-8-16(24)20-10-12/h3-8,10-11H,2,9H2,1H3,(H,20,24)(H,21,25)(H,22,23,26). The predicted octanol–water partition coefficient (Wildman–Crippen LogP) is 2.66. The molecule has 8 nitrogen and oxygen atoms in total. The van der Waals surface area contributed by atoms with Crippen molar-refractivity contribution in [3.05, 3.63) is 69.6 Å². The third-order valence-corrected chi connectivity index (χ3v) is 4.42. The Morgan fingerprint density at radius 2 is 1.93 bits per heavy atom. The van der Waals surface area contributed by atoms with Gasteiger partial charge in [0.1, 0.15) is 5.75 Å². The minimum absolute atomic E-state index is 0.0816. The molecule has 2 heterocycles. The number of rotatable bonds is 7. The number of aromatic amines is 1. The van der Waals surface area contributed by atoms with Gasteiger partial charge in [-0.05, 0) is 37.3 Å². The summed E-state index contributed by atoms with van der Waals surface area (Å²) in [6.07, 6.45) is 1.41. The Morgan fingerprint density at radius 3 is 2.61 bits per heavy atom. The van der Waals surface area contributed by atoms with Crippen molar-refractivity contribution in [1.82, 2.24) is 9.97 Å². The van der Waals surface area contributed by atoms with Crippen LogP contribution in [0.15, 0.2) is 52.8 Å². The Bertz CT molecular complexity index is 1010. The lowest BCUT2D eigenvalue weighted by Gasteiger charge is -2.06. The fraction of sp³-hybridized carbons (Fsp3) is 0.158. The second-order valence-electron chi connectivity index (χ2n) is 5.72. The largest absolute Gasteiger partial charge is 0.494 e. The Hall–Kier alpha value is -3.46. The summed E-state index contributed by atoms with van der Waals surface area (Å²) in [7, 11) is 0. The maximum atomic E-state index is 12.2. The van der Waals surface area contributed by atoms with Gasteiger partial charge >= 0.3 is 0 Å². The fourth-order valence-corrected chi connectivity index (χ4v) is 3.04. The average molecular weight is 398 g/mol. The first kappa shape index (κ1) is 19.3. The van der Waals surface area contributed by atoms with Crippen molar-refractivity contribution in [2.45, 2.75) is 13.3 Å². The van der Waals surface area contributed by atoms with E-state index in [1.165, 1.54) is 29.7 Å². The summed E-state index contributed by atoms with van der Waals surface area (Å²) in [5.41, 5.74) is 1.23. The van der Waals surface area contributed by atoms with Crippen LogP contribution >= 0.6 is 11.3 Å². The van der Waals surface area contributed by atoms with Gasteiger partial charge in [0, 0.05) is 23.3 Å². The van der Waals surface area contributed by atoms with Gasteiger partial charge in [0.15, 0.2) is 5.13 Å². The lowest BCUT2D eigenvalue weighted by atomic mass is 10.2. The first-order valence-electron chi connectivity index (χ1n) is 8.50. The van der Waals surface area contributed by atoms with Crippen LogP contribution in [0, 0.1) is 0 Å². The Morgan fingerprint density at radius 1 is 1.14 bits per heavy atom. The van der Waals surface area contributed by atoms with Gasteiger partial charge < -0.3 is 15.0 Å². The van der Waals surface area contributed by atoms with Gasteiger partial charge in [0.05, 0.1) is 24.3 Å². The molecule has 3 rings (SSSR count). The highest BCUT2D eigenvalue weighted by Gasteiger charge is 2.11. The lowest BCUT2D eigenvalue weighted by molar-refractivity contribution is -0.115. The number of carbonyl (C=O) groups excluding carboxylic acids is 2. The van der Waals surface area contributed by atoms with Gasteiger partial charge in [-0.15, -0.1) is 11.3 Å². The van der Waals surface area contributed by atoms with Crippen molar-refractivity contribution >= 4 is 34.0 Å². The third-order valence-electron chi connectivity index (χ3n) is 3.61. The zero-order chi connectivity index (χ0) is 19.9. The number of pyridine rings is 1. The lowest BCUT2D eigenvalue weighted by Crippen LogP contribution is -2.15. The summed E-state index contributed by atoms with van der Waals surface area (Å²) in [5.74, 6) is 0.131. The maximum Gasteiger partial charge on any atom is 0.258 e. The third kappa shape index (κ3) is 5.27. The second kappa shape index (κ2) is 8.96. The Balaban J connectivity index is 1.54. The van der Waals surface area contributed by atoms with E-state index in [2.05, 4.69) is 20.6 Å². The van der Waals surface area contributed by atoms with E-state index in [0.717, 1.165) is 5.75 Å². The van der Waals surface area contributed by atoms with Crippen LogP contribution < -0.4 is 20.9 Å². The number of hydrogen-bond donors (Lipinski definition) is 3. The van der Waals surface area contributed by atoms with Gasteiger partial charge in [-0.3, -0.25) is 19.7 Å². The highest BCUT2D eigenvalue weighted by atomic mass is 32.1. The second-order valence-corrected chi connectivity index (χ2v) is 6.58. The summed E-state index contributed by atoms with van der Waals surface area (Å²) >= 11 is 1.22. The van der Waals surface area contributed by atoms with Crippen molar-refractivity contribution in [2.24, 2.45) is 0 Å². The van der Waals surface area contributed by atoms with Crippen molar-refractivity contribution in [1.29, 1.82) is 0 Å². The van der Waals surface area contributed by atoms with Crippen molar-refractivity contribution in [2.75, 3.05) is 17.2 Å². The molecule has 0 spiro atoms. The molecule has 0 unspecified atom stereocenters. The molecule has 3 N–H and O–H groups in total. The molecule has 0 saturated carbocycles. The number of anilines is 2. The molecule has 144 valence electrons. The van der Waals surface area contributed by atoms with Crippen LogP contribution in [0.2, 0.25) is 0 Å². The molecule has 28 heavy (non-hydrogen) atoms. The van der Waals surface area contributed by atoms with Crippen LogP contribution in [-0.2, 0) is 11.2 Å². The molecular weight excluding hydrogens is 380 g/mol. The Kier molecular flexibility index (Phi) is 6.18. The number of thiazole rings is 1. The zero-order valence-electron chi connectivity index (χ0n) is 15.0. The Labute approximate surface area is 164 Å². The average Bonchev–Trinajstić information content (AvgIpc) is 3.10. The number of nitrogens with zero attached hydrogens (tertiary/aromatic N) is 1. The summed E-state index contributed by atoms with van der Waals surface area (Å²) in [6.45, 7) is 2.48. The molecule has 0 aliphatic carbocycles. The number of aromatic nitrogens is 2. The van der Waals surface area contributed by atoms with Crippen LogP contribution in [0.3, 0.4) is 0 Å². The molecule has 0 aliphatic rings. The first-order valence-corrected chi connectivity index (χ1v) is 9.38. The molecule has 0 aliphatic heterocycles. The van der Waals surface area contributed by atoms with Gasteiger partial charge in [-0.25, -0.2) is 4.98 Å². The summed E-state index contributed by atoms with van der Waals surface area (Å²) in [6, 6.07) is 9.79. The minimum atomic E-state index is -0.393. The summed E-state index contributed by atoms with van der Waals surface area (Å²) in [4.78, 5) is 42.0. The monoisotopic (exact) mass is 398 g/mol. The number of carbonyl (C=O) groups is 2. The van der Waals surface area contributed by atoms with Crippen LogP contribution in [-0.4, -0.2) is 28.4 Å². The SMILES string of the molecule is CCOc1ccc(NC(=O)Cc2csc(NC(=O)c3ccc(=O)[nH]c3)n2)cc1. The van der Waals surface area contributed by atoms with Gasteiger partial charge in [-0.1, -0.05) is 0 Å². The number of H-pyrrole nitrogens is 1. The number of hydrogen-bond acceptors (Lipinski definition) is 6. The van der Waals surface area contributed by atoms with Crippen molar-refractivity contribution in [3.63, 3.8) is 0 Å². The molecule has 0 radical (unpaired) electrons. The zero-order valence-corrected chi connectivity index (χ0v) is 15.8. The van der Waals surface area contributed by atoms with E-state index in [-0.39, 0.29) is 17.9 Å². The van der Waals surface area contributed by atoms with E-state index >= 15 is 0 Å². The highest BCUT2D eigenvalue weighted by Crippen LogP contribution is 2.18. The molecular formula is C19H18N4O4S. The molecule has 1 aromatic carbocycles. The van der Waals surface area contributed by atoms with E-state index < -0.39 is 5.91 Å². The number of benzene rings is 1.